The van der Waals surface area contributed by atoms with Gasteiger partial charge in [-0.3, -0.25) is 15.5 Å². The van der Waals surface area contributed by atoms with Gasteiger partial charge in [0.1, 0.15) is 5.82 Å². The van der Waals surface area contributed by atoms with Crippen LogP contribution in [0.2, 0.25) is 0 Å². The zero-order valence-electron chi connectivity index (χ0n) is 12.0. The summed E-state index contributed by atoms with van der Waals surface area (Å²) in [5.74, 6) is -0.0121. The number of carbonyl (C=O) groups excluding carboxylic acids is 1. The average molecular weight is 293 g/mol. The van der Waals surface area contributed by atoms with E-state index in [2.05, 4.69) is 10.3 Å². The Balaban J connectivity index is 2.11. The van der Waals surface area contributed by atoms with E-state index < -0.39 is 5.91 Å². The summed E-state index contributed by atoms with van der Waals surface area (Å²) in [6.07, 6.45) is 3.53. The van der Waals surface area contributed by atoms with Crippen LogP contribution >= 0.6 is 0 Å². The maximum Gasteiger partial charge on any atom is 0.259 e. The number of nitrogens with one attached hydrogen (secondary N) is 2. The van der Waals surface area contributed by atoms with Crippen molar-refractivity contribution in [2.45, 2.75) is 6.92 Å². The van der Waals surface area contributed by atoms with Crippen LogP contribution in [0.5, 0.6) is 0 Å². The van der Waals surface area contributed by atoms with Crippen LogP contribution in [0.25, 0.3) is 16.6 Å². The summed E-state index contributed by atoms with van der Waals surface area (Å²) >= 11 is 0. The number of guanidine groups is 1. The van der Waals surface area contributed by atoms with Crippen molar-refractivity contribution in [2.24, 2.45) is 5.73 Å². The number of nitrogens with zero attached hydrogens (tertiary/aromatic N) is 2. The van der Waals surface area contributed by atoms with E-state index in [0.717, 1.165) is 22.3 Å². The molecule has 0 aliphatic rings. The number of benzene rings is 1. The van der Waals surface area contributed by atoms with Gasteiger partial charge >= 0.3 is 0 Å². The zero-order chi connectivity index (χ0) is 15.7. The summed E-state index contributed by atoms with van der Waals surface area (Å²) in [6, 6.07) is 11.6. The van der Waals surface area contributed by atoms with E-state index in [1.807, 2.05) is 41.8 Å². The fourth-order valence-electron chi connectivity index (χ4n) is 2.47. The molecule has 6 heteroatoms. The van der Waals surface area contributed by atoms with Gasteiger partial charge in [-0.15, -0.1) is 0 Å². The first kappa shape index (κ1) is 13.8. The number of rotatable bonds is 2. The van der Waals surface area contributed by atoms with Gasteiger partial charge in [-0.05, 0) is 24.4 Å². The van der Waals surface area contributed by atoms with Gasteiger partial charge in [-0.25, -0.2) is 4.98 Å². The van der Waals surface area contributed by atoms with E-state index in [0.29, 0.717) is 5.56 Å². The SMILES string of the molecule is Cc1c(C(=O)NC(=N)N)ccn1-c1nccc2ccccc12. The molecule has 3 aromatic rings. The van der Waals surface area contributed by atoms with Crippen LogP contribution in [0.1, 0.15) is 16.1 Å². The lowest BCUT2D eigenvalue weighted by molar-refractivity contribution is 0.0976. The van der Waals surface area contributed by atoms with Gasteiger partial charge < -0.3 is 10.3 Å². The number of hydrogen-bond acceptors (Lipinski definition) is 3. The predicted molar refractivity (Wildman–Crippen MR) is 85.2 cm³/mol. The van der Waals surface area contributed by atoms with Gasteiger partial charge in [-0.2, -0.15) is 0 Å². The fourth-order valence-corrected chi connectivity index (χ4v) is 2.47. The fraction of sp³-hybridized carbons (Fsp3) is 0.0625. The lowest BCUT2D eigenvalue weighted by Gasteiger charge is -2.10. The molecule has 1 aromatic carbocycles. The highest BCUT2D eigenvalue weighted by molar-refractivity contribution is 6.05. The minimum absolute atomic E-state index is 0.375. The number of pyridine rings is 1. The molecule has 0 spiro atoms. The first-order valence-corrected chi connectivity index (χ1v) is 6.75. The molecular weight excluding hydrogens is 278 g/mol. The molecule has 2 aromatic heterocycles. The Morgan fingerprint density at radius 2 is 2.05 bits per heavy atom. The minimum Gasteiger partial charge on any atom is -0.370 e. The van der Waals surface area contributed by atoms with E-state index in [4.69, 9.17) is 11.1 Å². The molecule has 0 bridgehead atoms. The van der Waals surface area contributed by atoms with Crippen LogP contribution in [-0.2, 0) is 0 Å². The molecule has 6 nitrogen and oxygen atoms in total. The molecule has 0 aliphatic heterocycles. The molecule has 0 radical (unpaired) electrons. The standard InChI is InChI=1S/C16H15N5O/c1-10-12(15(22)20-16(17)18)7-9-21(10)14-13-5-3-2-4-11(13)6-8-19-14/h2-9H,1H3,(H4,17,18,20,22). The summed E-state index contributed by atoms with van der Waals surface area (Å²) < 4.78 is 1.86. The molecule has 0 saturated carbocycles. The maximum absolute atomic E-state index is 12.0. The van der Waals surface area contributed by atoms with Crippen molar-refractivity contribution in [1.82, 2.24) is 14.9 Å². The molecule has 1 amide bonds. The van der Waals surface area contributed by atoms with E-state index >= 15 is 0 Å². The first-order chi connectivity index (χ1) is 10.6. The van der Waals surface area contributed by atoms with E-state index in [9.17, 15) is 4.79 Å². The van der Waals surface area contributed by atoms with Crippen molar-refractivity contribution >= 4 is 22.6 Å². The number of amides is 1. The predicted octanol–water partition coefficient (Wildman–Crippen LogP) is 1.96. The molecule has 4 N–H and O–H groups in total. The second-order valence-electron chi connectivity index (χ2n) is 4.91. The molecular formula is C16H15N5O. The van der Waals surface area contributed by atoms with E-state index in [1.165, 1.54) is 0 Å². The largest absolute Gasteiger partial charge is 0.370 e. The quantitative estimate of drug-likeness (QED) is 0.497. The molecule has 0 aliphatic carbocycles. The van der Waals surface area contributed by atoms with E-state index in [1.54, 1.807) is 18.5 Å². The van der Waals surface area contributed by atoms with Crippen molar-refractivity contribution in [3.8, 4) is 5.82 Å². The number of hydrogen-bond donors (Lipinski definition) is 3. The second kappa shape index (κ2) is 5.33. The van der Waals surface area contributed by atoms with Crippen molar-refractivity contribution in [1.29, 1.82) is 5.41 Å². The molecule has 2 heterocycles. The van der Waals surface area contributed by atoms with Gasteiger partial charge in [0.05, 0.1) is 5.56 Å². The number of carbonyl (C=O) groups is 1. The van der Waals surface area contributed by atoms with Gasteiger partial charge in [0, 0.05) is 23.5 Å². The van der Waals surface area contributed by atoms with E-state index in [-0.39, 0.29) is 5.96 Å². The minimum atomic E-state index is -0.399. The van der Waals surface area contributed by atoms with Crippen LogP contribution in [0.3, 0.4) is 0 Å². The van der Waals surface area contributed by atoms with Crippen LogP contribution in [0.15, 0.2) is 48.8 Å². The van der Waals surface area contributed by atoms with Crippen LogP contribution in [-0.4, -0.2) is 21.4 Å². The Bertz CT molecular complexity index is 876. The molecule has 0 atom stereocenters. The number of aromatic nitrogens is 2. The lowest BCUT2D eigenvalue weighted by atomic mass is 10.1. The van der Waals surface area contributed by atoms with Gasteiger partial charge in [0.25, 0.3) is 5.91 Å². The maximum atomic E-state index is 12.0. The summed E-state index contributed by atoms with van der Waals surface area (Å²) in [4.78, 5) is 16.5. The highest BCUT2D eigenvalue weighted by Crippen LogP contribution is 2.23. The summed E-state index contributed by atoms with van der Waals surface area (Å²) in [5.41, 5.74) is 6.41. The molecule has 0 unspecified atom stereocenters. The smallest absolute Gasteiger partial charge is 0.259 e. The van der Waals surface area contributed by atoms with Crippen molar-refractivity contribution in [3.63, 3.8) is 0 Å². The third-order valence-corrected chi connectivity index (χ3v) is 3.52. The Hall–Kier alpha value is -3.15. The van der Waals surface area contributed by atoms with Crippen LogP contribution in [0, 0.1) is 12.3 Å². The summed E-state index contributed by atoms with van der Waals surface area (Å²) in [7, 11) is 0. The van der Waals surface area contributed by atoms with Crippen molar-refractivity contribution in [2.75, 3.05) is 0 Å². The number of fused-ring (bicyclic) bond motifs is 1. The van der Waals surface area contributed by atoms with Crippen LogP contribution in [0.4, 0.5) is 0 Å². The monoisotopic (exact) mass is 293 g/mol. The van der Waals surface area contributed by atoms with Crippen LogP contribution < -0.4 is 11.1 Å². The average Bonchev–Trinajstić information content (AvgIpc) is 2.87. The summed E-state index contributed by atoms with van der Waals surface area (Å²) in [6.45, 7) is 1.83. The van der Waals surface area contributed by atoms with Gasteiger partial charge in [0.2, 0.25) is 0 Å². The van der Waals surface area contributed by atoms with Gasteiger partial charge in [-0.1, -0.05) is 24.3 Å². The Morgan fingerprint density at radius 1 is 1.27 bits per heavy atom. The van der Waals surface area contributed by atoms with Gasteiger partial charge in [0.15, 0.2) is 5.96 Å². The normalized spacial score (nSPS) is 10.6. The van der Waals surface area contributed by atoms with Crippen molar-refractivity contribution in [3.05, 3.63) is 60.0 Å². The topological polar surface area (TPSA) is 96.8 Å². The number of nitrogens with two attached hydrogens (primary N) is 1. The first-order valence-electron chi connectivity index (χ1n) is 6.75. The summed E-state index contributed by atoms with van der Waals surface area (Å²) in [5, 5.41) is 11.5. The zero-order valence-corrected chi connectivity index (χ0v) is 12.0. The second-order valence-corrected chi connectivity index (χ2v) is 4.91. The lowest BCUT2D eigenvalue weighted by Crippen LogP contribution is -2.35. The third-order valence-electron chi connectivity index (χ3n) is 3.52. The highest BCUT2D eigenvalue weighted by Gasteiger charge is 2.15. The highest BCUT2D eigenvalue weighted by atomic mass is 16.1. The third kappa shape index (κ3) is 2.31. The molecule has 3 rings (SSSR count). The molecule has 22 heavy (non-hydrogen) atoms. The Kier molecular flexibility index (Phi) is 3.34. The Morgan fingerprint density at radius 3 is 2.82 bits per heavy atom. The molecule has 0 fully saturated rings. The Labute approximate surface area is 127 Å². The molecule has 110 valence electrons. The van der Waals surface area contributed by atoms with Crippen molar-refractivity contribution < 1.29 is 4.79 Å². The molecule has 0 saturated heterocycles.